The van der Waals surface area contributed by atoms with E-state index >= 15 is 0 Å². The fourth-order valence-corrected chi connectivity index (χ4v) is 5.06. The molecule has 1 heterocycles. The van der Waals surface area contributed by atoms with Crippen LogP contribution in [0.2, 0.25) is 5.02 Å². The number of rotatable bonds is 5. The van der Waals surface area contributed by atoms with E-state index < -0.39 is 11.2 Å². The van der Waals surface area contributed by atoms with Gasteiger partial charge in [0.1, 0.15) is 16.7 Å². The molecule has 0 aromatic heterocycles. The molecule has 1 aliphatic heterocycles. The van der Waals surface area contributed by atoms with Gasteiger partial charge in [-0.05, 0) is 60.5 Å². The summed E-state index contributed by atoms with van der Waals surface area (Å²) >= 11 is 10.6. The molecule has 3 aromatic carbocycles. The van der Waals surface area contributed by atoms with Gasteiger partial charge in [0.25, 0.3) is 5.91 Å². The maximum Gasteiger partial charge on any atom is 0.269 e. The van der Waals surface area contributed by atoms with E-state index in [4.69, 9.17) is 11.6 Å². The first-order valence-corrected chi connectivity index (χ1v) is 12.0. The van der Waals surface area contributed by atoms with Gasteiger partial charge < -0.3 is 5.32 Å². The molecule has 1 unspecified atom stereocenters. The summed E-state index contributed by atoms with van der Waals surface area (Å²) in [5.74, 6) is -0.749. The highest BCUT2D eigenvalue weighted by molar-refractivity contribution is 9.10. The summed E-state index contributed by atoms with van der Waals surface area (Å²) in [7, 11) is 0. The molecule has 3 aromatic rings. The fraction of sp³-hybridized carbons (Fsp3) is 0.0800. The molecule has 33 heavy (non-hydrogen) atoms. The summed E-state index contributed by atoms with van der Waals surface area (Å²) in [6.07, 6.45) is 0.441. The smallest absolute Gasteiger partial charge is 0.269 e. The monoisotopic (exact) mass is 537 g/mol. The van der Waals surface area contributed by atoms with Gasteiger partial charge in [0, 0.05) is 20.9 Å². The van der Waals surface area contributed by atoms with E-state index in [-0.39, 0.29) is 11.5 Å². The molecule has 0 bridgehead atoms. The maximum atomic E-state index is 13.5. The van der Waals surface area contributed by atoms with Gasteiger partial charge in [0.15, 0.2) is 0 Å². The van der Waals surface area contributed by atoms with Crippen LogP contribution in [0.4, 0.5) is 11.4 Å². The summed E-state index contributed by atoms with van der Waals surface area (Å²) in [4.78, 5) is 27.9. The average molecular weight is 539 g/mol. The number of amides is 2. The second-order valence-electron chi connectivity index (χ2n) is 7.20. The third kappa shape index (κ3) is 5.31. The molecule has 2 amide bonds. The Bertz CT molecular complexity index is 1260. The lowest BCUT2D eigenvalue weighted by Gasteiger charge is -2.19. The third-order valence-corrected chi connectivity index (χ3v) is 7.00. The SMILES string of the molecule is N#CC(C(=O)Nc1ccccc1)=C1SC(Cc2ccc(Cl)cc2)C(=O)N1c1ccc(Br)cc1. The molecule has 8 heteroatoms. The maximum absolute atomic E-state index is 13.5. The van der Waals surface area contributed by atoms with E-state index in [1.807, 2.05) is 36.4 Å². The Labute approximate surface area is 209 Å². The zero-order chi connectivity index (χ0) is 23.4. The molecule has 0 aliphatic carbocycles. The van der Waals surface area contributed by atoms with Crippen LogP contribution in [0.25, 0.3) is 0 Å². The lowest BCUT2D eigenvalue weighted by atomic mass is 10.1. The minimum atomic E-state index is -0.562. The van der Waals surface area contributed by atoms with E-state index in [0.29, 0.717) is 27.8 Å². The predicted molar refractivity (Wildman–Crippen MR) is 136 cm³/mol. The minimum Gasteiger partial charge on any atom is -0.321 e. The number of nitriles is 1. The number of nitrogens with zero attached hydrogens (tertiary/aromatic N) is 2. The van der Waals surface area contributed by atoms with E-state index in [2.05, 4.69) is 21.2 Å². The number of benzene rings is 3. The standard InChI is InChI=1S/C25H17BrClN3O2S/c26-17-8-12-20(13-9-17)30-24(32)22(14-16-6-10-18(27)11-7-16)33-25(30)21(15-28)23(31)29-19-4-2-1-3-5-19/h1-13,22H,14H2,(H,29,31). The van der Waals surface area contributed by atoms with Crippen LogP contribution in [0.3, 0.4) is 0 Å². The van der Waals surface area contributed by atoms with E-state index in [1.54, 1.807) is 48.5 Å². The lowest BCUT2D eigenvalue weighted by Crippen LogP contribution is -2.30. The molecule has 0 saturated carbocycles. The number of carbonyl (C=O) groups is 2. The van der Waals surface area contributed by atoms with Gasteiger partial charge in [-0.1, -0.05) is 69.6 Å². The van der Waals surface area contributed by atoms with Crippen molar-refractivity contribution in [3.8, 4) is 6.07 Å². The van der Waals surface area contributed by atoms with Crippen LogP contribution in [0.15, 0.2) is 93.9 Å². The molecule has 1 atom stereocenters. The van der Waals surface area contributed by atoms with Crippen molar-refractivity contribution in [2.24, 2.45) is 0 Å². The quantitative estimate of drug-likeness (QED) is 0.312. The van der Waals surface area contributed by atoms with Crippen LogP contribution in [0, 0.1) is 11.3 Å². The Kier molecular flexibility index (Phi) is 7.19. The summed E-state index contributed by atoms with van der Waals surface area (Å²) in [6.45, 7) is 0. The van der Waals surface area contributed by atoms with Gasteiger partial charge >= 0.3 is 0 Å². The molecule has 5 nitrogen and oxygen atoms in total. The van der Waals surface area contributed by atoms with Gasteiger partial charge in [-0.2, -0.15) is 5.26 Å². The van der Waals surface area contributed by atoms with Gasteiger partial charge in [0.2, 0.25) is 5.91 Å². The van der Waals surface area contributed by atoms with E-state index in [1.165, 1.54) is 16.7 Å². The van der Waals surface area contributed by atoms with Gasteiger partial charge in [-0.15, -0.1) is 0 Å². The predicted octanol–water partition coefficient (Wildman–Crippen LogP) is 6.17. The topological polar surface area (TPSA) is 73.2 Å². The summed E-state index contributed by atoms with van der Waals surface area (Å²) < 4.78 is 0.858. The molecule has 1 saturated heterocycles. The fourth-order valence-electron chi connectivity index (χ4n) is 3.36. The highest BCUT2D eigenvalue weighted by atomic mass is 79.9. The Morgan fingerprint density at radius 2 is 1.73 bits per heavy atom. The largest absolute Gasteiger partial charge is 0.321 e. The second-order valence-corrected chi connectivity index (χ2v) is 9.74. The number of carbonyl (C=O) groups excluding carboxylic acids is 2. The highest BCUT2D eigenvalue weighted by Gasteiger charge is 2.40. The van der Waals surface area contributed by atoms with E-state index in [0.717, 1.165) is 10.0 Å². The highest BCUT2D eigenvalue weighted by Crippen LogP contribution is 2.42. The summed E-state index contributed by atoms with van der Waals surface area (Å²) in [5, 5.41) is 13.1. The third-order valence-electron chi connectivity index (χ3n) is 4.96. The zero-order valence-corrected chi connectivity index (χ0v) is 20.3. The lowest BCUT2D eigenvalue weighted by molar-refractivity contribution is -0.117. The molecular formula is C25H17BrClN3O2S. The number of hydrogen-bond donors (Lipinski definition) is 1. The average Bonchev–Trinajstić information content (AvgIpc) is 3.12. The number of nitrogens with one attached hydrogen (secondary N) is 1. The van der Waals surface area contributed by atoms with Crippen molar-refractivity contribution in [1.82, 2.24) is 0 Å². The van der Waals surface area contributed by atoms with Crippen molar-refractivity contribution in [3.63, 3.8) is 0 Å². The molecule has 1 fully saturated rings. The molecular weight excluding hydrogens is 522 g/mol. The zero-order valence-electron chi connectivity index (χ0n) is 17.2. The van der Waals surface area contributed by atoms with Crippen molar-refractivity contribution in [2.45, 2.75) is 11.7 Å². The van der Waals surface area contributed by atoms with Crippen LogP contribution in [0.5, 0.6) is 0 Å². The van der Waals surface area contributed by atoms with E-state index in [9.17, 15) is 14.9 Å². The van der Waals surface area contributed by atoms with Crippen LogP contribution in [-0.2, 0) is 16.0 Å². The number of para-hydroxylation sites is 1. The van der Waals surface area contributed by atoms with Crippen molar-refractivity contribution < 1.29 is 9.59 Å². The van der Waals surface area contributed by atoms with Gasteiger partial charge in [0.05, 0.1) is 5.25 Å². The molecule has 1 N–H and O–H groups in total. The first-order chi connectivity index (χ1) is 16.0. The van der Waals surface area contributed by atoms with Crippen molar-refractivity contribution in [3.05, 3.63) is 105 Å². The van der Waals surface area contributed by atoms with Crippen molar-refractivity contribution >= 4 is 62.5 Å². The Morgan fingerprint density at radius 3 is 2.36 bits per heavy atom. The van der Waals surface area contributed by atoms with Gasteiger partial charge in [-0.25, -0.2) is 0 Å². The normalized spacial score (nSPS) is 16.9. The van der Waals surface area contributed by atoms with Crippen LogP contribution in [-0.4, -0.2) is 17.1 Å². The van der Waals surface area contributed by atoms with Crippen LogP contribution >= 0.6 is 39.3 Å². The van der Waals surface area contributed by atoms with Crippen LogP contribution < -0.4 is 10.2 Å². The molecule has 164 valence electrons. The summed E-state index contributed by atoms with van der Waals surface area (Å²) in [5.41, 5.74) is 1.98. The molecule has 1 aliphatic rings. The van der Waals surface area contributed by atoms with Gasteiger partial charge in [-0.3, -0.25) is 14.5 Å². The summed E-state index contributed by atoms with van der Waals surface area (Å²) in [6, 6.07) is 25.4. The first-order valence-electron chi connectivity index (χ1n) is 9.97. The van der Waals surface area contributed by atoms with Crippen molar-refractivity contribution in [2.75, 3.05) is 10.2 Å². The number of anilines is 2. The Hall–Kier alpha value is -3.05. The number of hydrogen-bond acceptors (Lipinski definition) is 4. The minimum absolute atomic E-state index is 0.112. The molecule has 0 spiro atoms. The first kappa shape index (κ1) is 23.1. The second kappa shape index (κ2) is 10.3. The van der Waals surface area contributed by atoms with Crippen molar-refractivity contribution in [1.29, 1.82) is 5.26 Å². The van der Waals surface area contributed by atoms with Crippen LogP contribution in [0.1, 0.15) is 5.56 Å². The molecule has 4 rings (SSSR count). The Balaban J connectivity index is 1.72. The molecule has 0 radical (unpaired) electrons. The Morgan fingerprint density at radius 1 is 1.06 bits per heavy atom. The number of halogens is 2. The number of thioether (sulfide) groups is 1.